The Labute approximate surface area is 120 Å². The average Bonchev–Trinajstić information content (AvgIpc) is 2.21. The van der Waals surface area contributed by atoms with Gasteiger partial charge in [-0.25, -0.2) is 17.5 Å². The van der Waals surface area contributed by atoms with Gasteiger partial charge < -0.3 is 10.5 Å². The molecule has 0 bridgehead atoms. The van der Waals surface area contributed by atoms with E-state index in [-0.39, 0.29) is 21.7 Å². The van der Waals surface area contributed by atoms with Gasteiger partial charge in [0.25, 0.3) is 0 Å². The third-order valence-electron chi connectivity index (χ3n) is 2.26. The Bertz CT molecular complexity index is 576. The summed E-state index contributed by atoms with van der Waals surface area (Å²) in [4.78, 5) is -0.115. The summed E-state index contributed by atoms with van der Waals surface area (Å²) in [7, 11) is -2.36. The number of ether oxygens (including phenoxy) is 1. The molecule has 0 unspecified atom stereocenters. The second-order valence-electron chi connectivity index (χ2n) is 4.73. The van der Waals surface area contributed by atoms with Crippen LogP contribution in [0.25, 0.3) is 0 Å². The number of nitrogens with one attached hydrogen (secondary N) is 1. The minimum absolute atomic E-state index is 0.111. The van der Waals surface area contributed by atoms with Gasteiger partial charge in [-0.05, 0) is 41.9 Å². The summed E-state index contributed by atoms with van der Waals surface area (Å²) in [6.07, 6.45) is 0. The topological polar surface area (TPSA) is 81.4 Å². The number of nitrogens with two attached hydrogens (primary N) is 1. The second-order valence-corrected chi connectivity index (χ2v) is 7.23. The summed E-state index contributed by atoms with van der Waals surface area (Å²) >= 11 is 3.02. The predicted octanol–water partition coefficient (Wildman–Crippen LogP) is 1.87. The molecule has 0 aromatic heterocycles. The molecule has 0 amide bonds. The lowest BCUT2D eigenvalue weighted by molar-refractivity contribution is 0.141. The fourth-order valence-electron chi connectivity index (χ4n) is 1.56. The molecule has 1 aromatic carbocycles. The summed E-state index contributed by atoms with van der Waals surface area (Å²) < 4.78 is 45.2. The number of rotatable bonds is 5. The van der Waals surface area contributed by atoms with Crippen LogP contribution in [0.4, 0.5) is 10.1 Å². The molecule has 108 valence electrons. The summed E-state index contributed by atoms with van der Waals surface area (Å²) in [5.74, 6) is -0.679. The second kappa shape index (κ2) is 5.74. The van der Waals surface area contributed by atoms with Gasteiger partial charge in [0.1, 0.15) is 5.82 Å². The molecule has 8 heteroatoms. The third kappa shape index (κ3) is 4.13. The van der Waals surface area contributed by atoms with E-state index in [4.69, 9.17) is 10.5 Å². The summed E-state index contributed by atoms with van der Waals surface area (Å²) in [6, 6.07) is 2.10. The first-order valence-electron chi connectivity index (χ1n) is 5.36. The highest BCUT2D eigenvalue weighted by molar-refractivity contribution is 9.10. The molecular formula is C11H16BrFN2O3S. The van der Waals surface area contributed by atoms with Gasteiger partial charge in [-0.1, -0.05) is 0 Å². The van der Waals surface area contributed by atoms with Crippen molar-refractivity contribution in [2.45, 2.75) is 24.3 Å². The maximum Gasteiger partial charge on any atom is 0.242 e. The monoisotopic (exact) mass is 354 g/mol. The molecule has 0 spiro atoms. The molecule has 0 saturated heterocycles. The highest BCUT2D eigenvalue weighted by Crippen LogP contribution is 2.27. The van der Waals surface area contributed by atoms with E-state index >= 15 is 0 Å². The molecule has 0 aliphatic rings. The van der Waals surface area contributed by atoms with E-state index in [0.29, 0.717) is 0 Å². The van der Waals surface area contributed by atoms with Gasteiger partial charge in [0.2, 0.25) is 10.0 Å². The number of halogens is 2. The highest BCUT2D eigenvalue weighted by Gasteiger charge is 2.28. The van der Waals surface area contributed by atoms with Crippen LogP contribution in [-0.2, 0) is 14.8 Å². The predicted molar refractivity (Wildman–Crippen MR) is 74.8 cm³/mol. The van der Waals surface area contributed by atoms with E-state index < -0.39 is 21.4 Å². The zero-order chi connectivity index (χ0) is 14.8. The quantitative estimate of drug-likeness (QED) is 0.791. The first kappa shape index (κ1) is 16.4. The van der Waals surface area contributed by atoms with E-state index in [1.54, 1.807) is 13.8 Å². The fourth-order valence-corrected chi connectivity index (χ4v) is 4.01. The fraction of sp³-hybridized carbons (Fsp3) is 0.455. The summed E-state index contributed by atoms with van der Waals surface area (Å²) in [6.45, 7) is 3.55. The van der Waals surface area contributed by atoms with Gasteiger partial charge in [0, 0.05) is 11.6 Å². The molecule has 0 fully saturated rings. The third-order valence-corrected chi connectivity index (χ3v) is 4.91. The number of hydrogen-bond donors (Lipinski definition) is 2. The molecule has 1 aromatic rings. The van der Waals surface area contributed by atoms with Crippen LogP contribution in [0.5, 0.6) is 0 Å². The number of hydrogen-bond acceptors (Lipinski definition) is 4. The number of sulfonamides is 1. The lowest BCUT2D eigenvalue weighted by atomic mass is 10.1. The standard InChI is InChI=1S/C11H16BrFN2O3S/c1-11(2,6-18-3)15-19(16,17)10-5-9(14)8(13)4-7(10)12/h4-5,15H,6,14H2,1-3H3. The first-order valence-corrected chi connectivity index (χ1v) is 7.64. The van der Waals surface area contributed by atoms with Crippen LogP contribution in [0.2, 0.25) is 0 Å². The molecule has 0 atom stereocenters. The Kier molecular flexibility index (Phi) is 4.94. The van der Waals surface area contributed by atoms with Gasteiger partial charge in [0.15, 0.2) is 0 Å². The van der Waals surface area contributed by atoms with Crippen LogP contribution in [0.3, 0.4) is 0 Å². The molecule has 5 nitrogen and oxygen atoms in total. The Balaban J connectivity index is 3.18. The Morgan fingerprint density at radius 1 is 1.47 bits per heavy atom. The van der Waals surface area contributed by atoms with Gasteiger partial charge in [-0.3, -0.25) is 0 Å². The first-order chi connectivity index (χ1) is 8.59. The van der Waals surface area contributed by atoms with Gasteiger partial charge in [0.05, 0.1) is 22.7 Å². The zero-order valence-corrected chi connectivity index (χ0v) is 13.2. The molecule has 19 heavy (non-hydrogen) atoms. The lowest BCUT2D eigenvalue weighted by Gasteiger charge is -2.25. The normalized spacial score (nSPS) is 12.7. The van der Waals surface area contributed by atoms with Crippen LogP contribution >= 0.6 is 15.9 Å². The molecule has 0 aliphatic heterocycles. The van der Waals surface area contributed by atoms with Crippen LogP contribution < -0.4 is 10.5 Å². The largest absolute Gasteiger partial charge is 0.396 e. The SMILES string of the molecule is COCC(C)(C)NS(=O)(=O)c1cc(N)c(F)cc1Br. The molecule has 0 aliphatic carbocycles. The molecule has 0 heterocycles. The number of benzene rings is 1. The summed E-state index contributed by atoms with van der Waals surface area (Å²) in [5.41, 5.74) is 4.37. The number of nitrogen functional groups attached to an aromatic ring is 1. The number of anilines is 1. The van der Waals surface area contributed by atoms with Crippen molar-refractivity contribution in [3.8, 4) is 0 Å². The Morgan fingerprint density at radius 3 is 2.58 bits per heavy atom. The zero-order valence-electron chi connectivity index (χ0n) is 10.8. The lowest BCUT2D eigenvalue weighted by Crippen LogP contribution is -2.46. The van der Waals surface area contributed by atoms with E-state index in [2.05, 4.69) is 20.7 Å². The van der Waals surface area contributed by atoms with E-state index in [9.17, 15) is 12.8 Å². The number of methoxy groups -OCH3 is 1. The maximum absolute atomic E-state index is 13.2. The van der Waals surface area contributed by atoms with Crippen molar-refractivity contribution in [3.05, 3.63) is 22.4 Å². The van der Waals surface area contributed by atoms with Gasteiger partial charge >= 0.3 is 0 Å². The maximum atomic E-state index is 13.2. The van der Waals surface area contributed by atoms with Crippen LogP contribution in [-0.4, -0.2) is 27.7 Å². The van der Waals surface area contributed by atoms with E-state index in [1.807, 2.05) is 0 Å². The molecule has 1 rings (SSSR count). The molecule has 3 N–H and O–H groups in total. The van der Waals surface area contributed by atoms with Crippen LogP contribution in [0.15, 0.2) is 21.5 Å². The minimum Gasteiger partial charge on any atom is -0.396 e. The van der Waals surface area contributed by atoms with Crippen molar-refractivity contribution in [1.29, 1.82) is 0 Å². The van der Waals surface area contributed by atoms with Crippen molar-refractivity contribution in [3.63, 3.8) is 0 Å². The molecule has 0 saturated carbocycles. The van der Waals surface area contributed by atoms with Crippen LogP contribution in [0, 0.1) is 5.82 Å². The highest BCUT2D eigenvalue weighted by atomic mass is 79.9. The van der Waals surface area contributed by atoms with E-state index in [0.717, 1.165) is 12.1 Å². The summed E-state index contributed by atoms with van der Waals surface area (Å²) in [5, 5.41) is 0. The van der Waals surface area contributed by atoms with Crippen molar-refractivity contribution in [2.75, 3.05) is 19.5 Å². The smallest absolute Gasteiger partial charge is 0.242 e. The Hall–Kier alpha value is -0.700. The molecule has 0 radical (unpaired) electrons. The van der Waals surface area contributed by atoms with Gasteiger partial charge in [-0.2, -0.15) is 0 Å². The average molecular weight is 355 g/mol. The molecular weight excluding hydrogens is 339 g/mol. The van der Waals surface area contributed by atoms with E-state index in [1.165, 1.54) is 7.11 Å². The van der Waals surface area contributed by atoms with Crippen LogP contribution in [0.1, 0.15) is 13.8 Å². The minimum atomic E-state index is -3.83. The Morgan fingerprint density at radius 2 is 2.05 bits per heavy atom. The van der Waals surface area contributed by atoms with Crippen molar-refractivity contribution in [1.82, 2.24) is 4.72 Å². The van der Waals surface area contributed by atoms with Crippen molar-refractivity contribution in [2.24, 2.45) is 0 Å². The van der Waals surface area contributed by atoms with Crippen molar-refractivity contribution < 1.29 is 17.5 Å². The van der Waals surface area contributed by atoms with Crippen molar-refractivity contribution >= 4 is 31.6 Å². The van der Waals surface area contributed by atoms with Gasteiger partial charge in [-0.15, -0.1) is 0 Å².